The van der Waals surface area contributed by atoms with Gasteiger partial charge in [-0.05, 0) is 70.3 Å². The van der Waals surface area contributed by atoms with Gasteiger partial charge in [0.25, 0.3) is 0 Å². The summed E-state index contributed by atoms with van der Waals surface area (Å²) in [5.74, 6) is 0.460. The number of nitrogens with zero attached hydrogens (tertiary/aromatic N) is 3. The molecule has 5 aromatic carbocycles. The van der Waals surface area contributed by atoms with Gasteiger partial charge in [0.1, 0.15) is 22.8 Å². The van der Waals surface area contributed by atoms with E-state index in [1.54, 1.807) is 24.3 Å². The van der Waals surface area contributed by atoms with E-state index < -0.39 is 5.82 Å². The number of anilines is 1. The van der Waals surface area contributed by atoms with Crippen LogP contribution in [0.4, 0.5) is 10.2 Å². The molecule has 3 N–H and O–H groups in total. The zero-order valence-electron chi connectivity index (χ0n) is 22.5. The molecule has 2 atom stereocenters. The van der Waals surface area contributed by atoms with Crippen LogP contribution in [-0.2, 0) is 0 Å². The second-order valence-electron chi connectivity index (χ2n) is 11.3. The molecule has 0 spiro atoms. The number of nitrogens with one attached hydrogen (secondary N) is 1. The lowest BCUT2D eigenvalue weighted by molar-refractivity contribution is 0.464. The molecule has 42 heavy (non-hydrogen) atoms. The summed E-state index contributed by atoms with van der Waals surface area (Å²) in [6.07, 6.45) is 2.16. The molecule has 0 radical (unpaired) electrons. The van der Waals surface area contributed by atoms with Gasteiger partial charge in [-0.1, -0.05) is 60.1 Å². The highest BCUT2D eigenvalue weighted by Crippen LogP contribution is 2.43. The smallest absolute Gasteiger partial charge is 0.163 e. The van der Waals surface area contributed by atoms with Gasteiger partial charge in [0.15, 0.2) is 11.6 Å². The molecular formula is C34H26ClFN4O2. The van der Waals surface area contributed by atoms with Crippen molar-refractivity contribution >= 4 is 49.9 Å². The van der Waals surface area contributed by atoms with Gasteiger partial charge in [0, 0.05) is 41.7 Å². The predicted molar refractivity (Wildman–Crippen MR) is 166 cm³/mol. The van der Waals surface area contributed by atoms with Gasteiger partial charge >= 0.3 is 0 Å². The van der Waals surface area contributed by atoms with Gasteiger partial charge < -0.3 is 20.4 Å². The van der Waals surface area contributed by atoms with Crippen molar-refractivity contribution in [2.24, 2.45) is 0 Å². The molecular weight excluding hydrogens is 551 g/mol. The van der Waals surface area contributed by atoms with Crippen LogP contribution in [-0.4, -0.2) is 45.4 Å². The molecule has 2 aliphatic heterocycles. The predicted octanol–water partition coefficient (Wildman–Crippen LogP) is 7.41. The van der Waals surface area contributed by atoms with Crippen LogP contribution in [0, 0.1) is 5.82 Å². The molecule has 3 heterocycles. The average Bonchev–Trinajstić information content (AvgIpc) is 3.33. The molecule has 0 amide bonds. The lowest BCUT2D eigenvalue weighted by Gasteiger charge is -2.34. The number of phenols is 2. The Morgan fingerprint density at radius 2 is 1.36 bits per heavy atom. The largest absolute Gasteiger partial charge is 0.508 e. The average molecular weight is 577 g/mol. The Balaban J connectivity index is 1.43. The van der Waals surface area contributed by atoms with Crippen LogP contribution >= 0.6 is 11.6 Å². The van der Waals surface area contributed by atoms with Gasteiger partial charge in [-0.15, -0.1) is 0 Å². The van der Waals surface area contributed by atoms with Crippen LogP contribution in [0.25, 0.3) is 55.0 Å². The first kappa shape index (κ1) is 25.3. The van der Waals surface area contributed by atoms with E-state index in [0.29, 0.717) is 40.2 Å². The van der Waals surface area contributed by atoms with Gasteiger partial charge in [0.2, 0.25) is 0 Å². The second-order valence-corrected chi connectivity index (χ2v) is 11.7. The number of hydrogen-bond donors (Lipinski definition) is 3. The third-order valence-electron chi connectivity index (χ3n) is 8.58. The fourth-order valence-electron chi connectivity index (χ4n) is 6.74. The molecule has 2 fully saturated rings. The summed E-state index contributed by atoms with van der Waals surface area (Å²) >= 11 is 6.89. The van der Waals surface area contributed by atoms with Crippen LogP contribution in [0.5, 0.6) is 11.5 Å². The van der Waals surface area contributed by atoms with E-state index in [9.17, 15) is 10.2 Å². The number of aromatic hydroxyl groups is 2. The Morgan fingerprint density at radius 3 is 2.02 bits per heavy atom. The molecule has 2 bridgehead atoms. The quantitative estimate of drug-likeness (QED) is 0.203. The number of phenolic OH excluding ortho intramolecular Hbond substituents is 2. The standard InChI is InChI=1S/C34H26ClFN4O2/c35-29-15-28-32(31(36)30(29)26-13-22(41)11-18-5-1-3-7-24(18)26)38-33(27-14-23(42)12-19-6-2-4-8-25(19)27)39-34(28)40-16-20-9-10-21(17-40)37-20/h1-8,11-15,20-21,37,41-42H,9-10,16-17H2/t20-,21+. The van der Waals surface area contributed by atoms with Gasteiger partial charge in [-0.25, -0.2) is 14.4 Å². The topological polar surface area (TPSA) is 81.5 Å². The second kappa shape index (κ2) is 9.54. The van der Waals surface area contributed by atoms with E-state index in [1.807, 2.05) is 48.5 Å². The molecule has 0 saturated carbocycles. The van der Waals surface area contributed by atoms with Crippen molar-refractivity contribution in [3.05, 3.63) is 89.7 Å². The molecule has 2 saturated heterocycles. The Bertz CT molecular complexity index is 2050. The summed E-state index contributed by atoms with van der Waals surface area (Å²) in [6, 6.07) is 24.1. The van der Waals surface area contributed by atoms with Crippen molar-refractivity contribution < 1.29 is 14.6 Å². The summed E-state index contributed by atoms with van der Waals surface area (Å²) in [5, 5.41) is 28.8. The minimum Gasteiger partial charge on any atom is -0.508 e. The molecule has 6 aromatic rings. The molecule has 1 aromatic heterocycles. The van der Waals surface area contributed by atoms with Crippen LogP contribution < -0.4 is 10.2 Å². The van der Waals surface area contributed by atoms with Gasteiger partial charge in [-0.2, -0.15) is 0 Å². The molecule has 208 valence electrons. The van der Waals surface area contributed by atoms with Crippen molar-refractivity contribution in [2.75, 3.05) is 18.0 Å². The van der Waals surface area contributed by atoms with E-state index in [1.165, 1.54) is 6.07 Å². The number of halogens is 2. The number of hydrogen-bond acceptors (Lipinski definition) is 6. The highest BCUT2D eigenvalue weighted by Gasteiger charge is 2.34. The maximum Gasteiger partial charge on any atom is 0.163 e. The Kier molecular flexibility index (Phi) is 5.74. The third kappa shape index (κ3) is 4.03. The van der Waals surface area contributed by atoms with E-state index in [-0.39, 0.29) is 27.6 Å². The maximum absolute atomic E-state index is 16.9. The number of rotatable bonds is 3. The zero-order chi connectivity index (χ0) is 28.5. The number of aromatic nitrogens is 2. The minimum atomic E-state index is -0.583. The monoisotopic (exact) mass is 576 g/mol. The van der Waals surface area contributed by atoms with E-state index >= 15 is 4.39 Å². The first-order chi connectivity index (χ1) is 20.4. The number of piperazine rings is 1. The highest BCUT2D eigenvalue weighted by atomic mass is 35.5. The summed E-state index contributed by atoms with van der Waals surface area (Å²) in [4.78, 5) is 12.1. The highest BCUT2D eigenvalue weighted by molar-refractivity contribution is 6.35. The third-order valence-corrected chi connectivity index (χ3v) is 8.88. The fraction of sp³-hybridized carbons (Fsp3) is 0.176. The van der Waals surface area contributed by atoms with Crippen LogP contribution in [0.2, 0.25) is 5.02 Å². The van der Waals surface area contributed by atoms with Gasteiger partial charge in [0.05, 0.1) is 5.02 Å². The lowest BCUT2D eigenvalue weighted by atomic mass is 9.96. The van der Waals surface area contributed by atoms with E-state index in [0.717, 1.165) is 47.5 Å². The molecule has 0 unspecified atom stereocenters. The summed E-state index contributed by atoms with van der Waals surface area (Å²) in [7, 11) is 0. The minimum absolute atomic E-state index is 0.0193. The first-order valence-corrected chi connectivity index (χ1v) is 14.5. The van der Waals surface area contributed by atoms with Crippen molar-refractivity contribution in [3.63, 3.8) is 0 Å². The molecule has 2 aliphatic rings. The van der Waals surface area contributed by atoms with Crippen molar-refractivity contribution in [3.8, 4) is 34.0 Å². The Morgan fingerprint density at radius 1 is 0.762 bits per heavy atom. The first-order valence-electron chi connectivity index (χ1n) is 14.1. The summed E-state index contributed by atoms with van der Waals surface area (Å²) in [5.41, 5.74) is 1.42. The van der Waals surface area contributed by atoms with Crippen LogP contribution in [0.3, 0.4) is 0 Å². The zero-order valence-corrected chi connectivity index (χ0v) is 23.2. The normalized spacial score (nSPS) is 18.4. The summed E-state index contributed by atoms with van der Waals surface area (Å²) in [6.45, 7) is 1.47. The molecule has 8 rings (SSSR count). The van der Waals surface area contributed by atoms with Crippen molar-refractivity contribution in [1.82, 2.24) is 15.3 Å². The van der Waals surface area contributed by atoms with Crippen molar-refractivity contribution in [1.29, 1.82) is 0 Å². The SMILES string of the molecule is Oc1cc(-c2nc(N3C[C@H]4CC[C@@H](C3)N4)c3cc(Cl)c(-c4cc(O)cc5ccccc45)c(F)c3n2)c2ccccc2c1. The van der Waals surface area contributed by atoms with Crippen molar-refractivity contribution in [2.45, 2.75) is 24.9 Å². The lowest BCUT2D eigenvalue weighted by Crippen LogP contribution is -2.51. The van der Waals surface area contributed by atoms with Crippen LogP contribution in [0.1, 0.15) is 12.8 Å². The summed E-state index contributed by atoms with van der Waals surface area (Å²) < 4.78 is 16.9. The van der Waals surface area contributed by atoms with E-state index in [4.69, 9.17) is 21.6 Å². The van der Waals surface area contributed by atoms with Crippen LogP contribution in [0.15, 0.2) is 78.9 Å². The van der Waals surface area contributed by atoms with E-state index in [2.05, 4.69) is 10.2 Å². The molecule has 0 aliphatic carbocycles. The Hall–Kier alpha value is -4.46. The number of benzene rings is 5. The maximum atomic E-state index is 16.9. The van der Waals surface area contributed by atoms with Gasteiger partial charge in [-0.3, -0.25) is 0 Å². The molecule has 6 nitrogen and oxygen atoms in total. The Labute approximate surface area is 246 Å². The number of fused-ring (bicyclic) bond motifs is 5. The molecule has 8 heteroatoms. The fourth-order valence-corrected chi connectivity index (χ4v) is 7.03.